The number of hydrazine groups is 1. The Morgan fingerprint density at radius 1 is 1.43 bits per heavy atom. The predicted molar refractivity (Wildman–Crippen MR) is 88.6 cm³/mol. The molecule has 2 fully saturated rings. The van der Waals surface area contributed by atoms with E-state index in [1.807, 2.05) is 12.1 Å². The Hall–Kier alpha value is -1.26. The molecule has 2 aliphatic rings. The highest BCUT2D eigenvalue weighted by Gasteiger charge is 2.41. The van der Waals surface area contributed by atoms with E-state index in [-0.39, 0.29) is 17.9 Å². The van der Waals surface area contributed by atoms with Gasteiger partial charge in [-0.15, -0.1) is 0 Å². The molecule has 9 heteroatoms. The first-order chi connectivity index (χ1) is 10.9. The molecule has 0 aromatic carbocycles. The second kappa shape index (κ2) is 6.33. The summed E-state index contributed by atoms with van der Waals surface area (Å²) in [6.07, 6.45) is 2.57. The van der Waals surface area contributed by atoms with Crippen molar-refractivity contribution in [2.24, 2.45) is 5.92 Å². The maximum atomic E-state index is 12.3. The number of nitrogens with two attached hydrogens (primary N) is 1. The molecule has 2 saturated heterocycles. The van der Waals surface area contributed by atoms with Crippen LogP contribution in [0.1, 0.15) is 17.9 Å². The minimum absolute atomic E-state index is 0.180. The van der Waals surface area contributed by atoms with Gasteiger partial charge in [-0.25, -0.2) is 4.98 Å². The van der Waals surface area contributed by atoms with E-state index in [9.17, 15) is 8.42 Å². The van der Waals surface area contributed by atoms with Crippen LogP contribution < -0.4 is 16.6 Å². The van der Waals surface area contributed by atoms with Crippen molar-refractivity contribution in [3.8, 4) is 0 Å². The lowest BCUT2D eigenvalue weighted by molar-refractivity contribution is 0.353. The van der Waals surface area contributed by atoms with Crippen LogP contribution >= 0.6 is 0 Å². The molecule has 3 heterocycles. The van der Waals surface area contributed by atoms with Crippen LogP contribution in [0.25, 0.3) is 0 Å². The number of hydrogen-bond acceptors (Lipinski definition) is 6. The summed E-state index contributed by atoms with van der Waals surface area (Å²) in [5, 5.41) is 0. The highest BCUT2D eigenvalue weighted by Crippen LogP contribution is 2.33. The van der Waals surface area contributed by atoms with Gasteiger partial charge in [-0.1, -0.05) is 0 Å². The molecule has 23 heavy (non-hydrogen) atoms. The van der Waals surface area contributed by atoms with E-state index in [1.54, 1.807) is 24.6 Å². The molecule has 0 radical (unpaired) electrons. The van der Waals surface area contributed by atoms with Gasteiger partial charge in [0.05, 0.1) is 0 Å². The quantitative estimate of drug-likeness (QED) is 0.673. The van der Waals surface area contributed by atoms with Gasteiger partial charge >= 0.3 is 0 Å². The lowest BCUT2D eigenvalue weighted by Crippen LogP contribution is -2.42. The maximum Gasteiger partial charge on any atom is 0.281 e. The topological polar surface area (TPSA) is 104 Å². The molecular weight excluding hydrogens is 316 g/mol. The Morgan fingerprint density at radius 3 is 2.91 bits per heavy atom. The summed E-state index contributed by atoms with van der Waals surface area (Å²) in [5.74, 6) is 1.03. The predicted octanol–water partition coefficient (Wildman–Crippen LogP) is -0.648. The van der Waals surface area contributed by atoms with Gasteiger partial charge in [-0.2, -0.15) is 17.0 Å². The Morgan fingerprint density at radius 2 is 2.22 bits per heavy atom. The van der Waals surface area contributed by atoms with Gasteiger partial charge in [0.25, 0.3) is 10.2 Å². The van der Waals surface area contributed by atoms with Crippen LogP contribution in [0.5, 0.6) is 0 Å². The number of nitrogen functional groups attached to an aromatic ring is 1. The summed E-state index contributed by atoms with van der Waals surface area (Å²) in [4.78, 5) is 4.04. The third-order valence-corrected chi connectivity index (χ3v) is 6.65. The zero-order valence-electron chi connectivity index (χ0n) is 13.4. The van der Waals surface area contributed by atoms with Gasteiger partial charge in [0, 0.05) is 51.9 Å². The van der Waals surface area contributed by atoms with Gasteiger partial charge in [-0.3, -0.25) is 10.9 Å². The Balaban J connectivity index is 1.75. The normalized spacial score (nSPS) is 29.4. The SMILES string of the molecule is CN(C)S(=O)(=O)N1CCC(C2NNCC2c2ccnc(N)c2)C1. The zero-order chi connectivity index (χ0) is 16.6. The molecule has 8 nitrogen and oxygen atoms in total. The van der Waals surface area contributed by atoms with Crippen molar-refractivity contribution in [1.29, 1.82) is 0 Å². The van der Waals surface area contributed by atoms with Crippen LogP contribution in [0, 0.1) is 5.92 Å². The smallest absolute Gasteiger partial charge is 0.281 e. The fraction of sp³-hybridized carbons (Fsp3) is 0.643. The molecule has 1 aromatic rings. The molecule has 0 saturated carbocycles. The van der Waals surface area contributed by atoms with Gasteiger partial charge < -0.3 is 5.73 Å². The summed E-state index contributed by atoms with van der Waals surface area (Å²) in [5.41, 5.74) is 13.5. The zero-order valence-corrected chi connectivity index (χ0v) is 14.3. The highest BCUT2D eigenvalue weighted by atomic mass is 32.2. The number of rotatable bonds is 4. The maximum absolute atomic E-state index is 12.3. The number of hydrogen-bond donors (Lipinski definition) is 3. The summed E-state index contributed by atoms with van der Waals surface area (Å²) < 4.78 is 27.4. The van der Waals surface area contributed by atoms with Crippen molar-refractivity contribution in [3.05, 3.63) is 23.9 Å². The van der Waals surface area contributed by atoms with E-state index in [4.69, 9.17) is 5.73 Å². The average Bonchev–Trinajstić information content (AvgIpc) is 3.16. The molecule has 2 aliphatic heterocycles. The molecular formula is C14H24N6O2S. The van der Waals surface area contributed by atoms with E-state index in [1.165, 1.54) is 4.31 Å². The molecule has 0 bridgehead atoms. The summed E-state index contributed by atoms with van der Waals surface area (Å²) in [7, 11) is -0.199. The number of pyridine rings is 1. The van der Waals surface area contributed by atoms with Gasteiger partial charge in [0.2, 0.25) is 0 Å². The third kappa shape index (κ3) is 3.20. The summed E-state index contributed by atoms with van der Waals surface area (Å²) >= 11 is 0. The molecule has 1 aromatic heterocycles. The minimum atomic E-state index is -3.34. The molecule has 0 spiro atoms. The van der Waals surface area contributed by atoms with Crippen molar-refractivity contribution in [1.82, 2.24) is 24.4 Å². The van der Waals surface area contributed by atoms with Crippen LogP contribution in [-0.2, 0) is 10.2 Å². The first-order valence-corrected chi connectivity index (χ1v) is 9.16. The molecule has 3 unspecified atom stereocenters. The van der Waals surface area contributed by atoms with E-state index >= 15 is 0 Å². The van der Waals surface area contributed by atoms with Crippen molar-refractivity contribution < 1.29 is 8.42 Å². The number of nitrogens with zero attached hydrogens (tertiary/aromatic N) is 3. The van der Waals surface area contributed by atoms with Gasteiger partial charge in [-0.05, 0) is 30.0 Å². The Bertz CT molecular complexity index is 665. The molecule has 4 N–H and O–H groups in total. The molecule has 128 valence electrons. The molecule has 0 amide bonds. The Kier molecular flexibility index (Phi) is 4.56. The largest absolute Gasteiger partial charge is 0.384 e. The summed E-state index contributed by atoms with van der Waals surface area (Å²) in [6, 6.07) is 4.06. The number of nitrogens with one attached hydrogen (secondary N) is 2. The third-order valence-electron chi connectivity index (χ3n) is 4.74. The van der Waals surface area contributed by atoms with Crippen molar-refractivity contribution in [2.45, 2.75) is 18.4 Å². The van der Waals surface area contributed by atoms with E-state index in [0.717, 1.165) is 18.5 Å². The standard InChI is InChI=1S/C14H24N6O2S/c1-19(2)23(21,22)20-6-4-11(9-20)14-12(8-17-18-14)10-3-5-16-13(15)7-10/h3,5,7,11-12,14,17-18H,4,6,8-9H2,1-2H3,(H2,15,16). The van der Waals surface area contributed by atoms with Crippen LogP contribution in [0.4, 0.5) is 5.82 Å². The van der Waals surface area contributed by atoms with Crippen LogP contribution in [0.2, 0.25) is 0 Å². The van der Waals surface area contributed by atoms with E-state index in [0.29, 0.717) is 18.9 Å². The fourth-order valence-electron chi connectivity index (χ4n) is 3.47. The minimum Gasteiger partial charge on any atom is -0.384 e. The molecule has 3 atom stereocenters. The monoisotopic (exact) mass is 340 g/mol. The van der Waals surface area contributed by atoms with Crippen molar-refractivity contribution >= 4 is 16.0 Å². The second-order valence-corrected chi connectivity index (χ2v) is 8.51. The Labute approximate surface area is 137 Å². The second-order valence-electron chi connectivity index (χ2n) is 6.37. The van der Waals surface area contributed by atoms with Crippen LogP contribution in [0.3, 0.4) is 0 Å². The lowest BCUT2D eigenvalue weighted by Gasteiger charge is -2.26. The van der Waals surface area contributed by atoms with Gasteiger partial charge in [0.15, 0.2) is 0 Å². The molecule has 0 aliphatic carbocycles. The van der Waals surface area contributed by atoms with Gasteiger partial charge in [0.1, 0.15) is 5.82 Å². The van der Waals surface area contributed by atoms with Crippen LogP contribution in [0.15, 0.2) is 18.3 Å². The number of anilines is 1. The highest BCUT2D eigenvalue weighted by molar-refractivity contribution is 7.86. The number of aromatic nitrogens is 1. The van der Waals surface area contributed by atoms with E-state index < -0.39 is 10.2 Å². The average molecular weight is 340 g/mol. The fourth-order valence-corrected chi connectivity index (χ4v) is 4.65. The lowest BCUT2D eigenvalue weighted by atomic mass is 9.85. The summed E-state index contributed by atoms with van der Waals surface area (Å²) in [6.45, 7) is 1.90. The molecule has 3 rings (SSSR count). The van der Waals surface area contributed by atoms with Crippen molar-refractivity contribution in [2.75, 3.05) is 39.5 Å². The first kappa shape index (κ1) is 16.6. The first-order valence-electron chi connectivity index (χ1n) is 7.77. The van der Waals surface area contributed by atoms with Crippen molar-refractivity contribution in [3.63, 3.8) is 0 Å². The van der Waals surface area contributed by atoms with E-state index in [2.05, 4.69) is 15.8 Å². The van der Waals surface area contributed by atoms with Crippen LogP contribution in [-0.4, -0.2) is 61.8 Å².